The molecule has 1 saturated carbocycles. The van der Waals surface area contributed by atoms with E-state index in [1.165, 1.54) is 11.0 Å². The molecule has 1 aliphatic carbocycles. The fraction of sp³-hybridized carbons (Fsp3) is 0.448. The quantitative estimate of drug-likeness (QED) is 0.329. The predicted molar refractivity (Wildman–Crippen MR) is 152 cm³/mol. The molecular formula is C29H37ClN4O6. The third kappa shape index (κ3) is 8.11. The summed E-state index contributed by atoms with van der Waals surface area (Å²) in [5, 5.41) is 15.9. The molecule has 0 aliphatic heterocycles. The fourth-order valence-corrected chi connectivity index (χ4v) is 4.58. The summed E-state index contributed by atoms with van der Waals surface area (Å²) in [6.07, 6.45) is 0.209. The number of nitrogens with zero attached hydrogens (tertiary/aromatic N) is 1. The van der Waals surface area contributed by atoms with Gasteiger partial charge in [0.15, 0.2) is 0 Å². The van der Waals surface area contributed by atoms with Gasteiger partial charge in [-0.1, -0.05) is 29.8 Å². The first-order valence-electron chi connectivity index (χ1n) is 13.1. The number of nitrogens with two attached hydrogens (primary N) is 1. The van der Waals surface area contributed by atoms with Gasteiger partial charge in [-0.05, 0) is 88.8 Å². The minimum Gasteiger partial charge on any atom is -0.508 e. The van der Waals surface area contributed by atoms with Crippen LogP contribution in [0.3, 0.4) is 0 Å². The number of anilines is 1. The van der Waals surface area contributed by atoms with Crippen LogP contribution in [0.1, 0.15) is 69.2 Å². The van der Waals surface area contributed by atoms with Crippen molar-refractivity contribution in [2.75, 3.05) is 5.32 Å². The molecule has 2 aromatic carbocycles. The van der Waals surface area contributed by atoms with Gasteiger partial charge in [0.1, 0.15) is 23.4 Å². The lowest BCUT2D eigenvalue weighted by atomic mass is 9.99. The van der Waals surface area contributed by atoms with Crippen LogP contribution in [0.5, 0.6) is 5.75 Å². The normalized spacial score (nSPS) is 14.6. The van der Waals surface area contributed by atoms with E-state index in [2.05, 4.69) is 10.6 Å². The first-order chi connectivity index (χ1) is 18.7. The number of ether oxygens (including phenoxy) is 1. The van der Waals surface area contributed by atoms with Gasteiger partial charge in [-0.2, -0.15) is 0 Å². The molecule has 216 valence electrons. The Balaban J connectivity index is 2.05. The Hall–Kier alpha value is -3.79. The van der Waals surface area contributed by atoms with Crippen LogP contribution in [-0.2, 0) is 19.1 Å². The highest BCUT2D eigenvalue weighted by Gasteiger charge is 2.44. The molecule has 0 radical (unpaired) electrons. The summed E-state index contributed by atoms with van der Waals surface area (Å²) >= 11 is 6.39. The molecule has 10 nitrogen and oxygen atoms in total. The van der Waals surface area contributed by atoms with Gasteiger partial charge in [0.25, 0.3) is 5.91 Å². The maximum atomic E-state index is 14.1. The van der Waals surface area contributed by atoms with Gasteiger partial charge in [-0.15, -0.1) is 0 Å². The summed E-state index contributed by atoms with van der Waals surface area (Å²) in [4.78, 5) is 53.8. The van der Waals surface area contributed by atoms with Gasteiger partial charge < -0.3 is 31.1 Å². The molecule has 2 unspecified atom stereocenters. The number of primary amides is 1. The number of alkyl carbamates (subject to hydrolysis) is 1. The van der Waals surface area contributed by atoms with Crippen molar-refractivity contribution in [1.29, 1.82) is 0 Å². The van der Waals surface area contributed by atoms with Gasteiger partial charge in [0.05, 0.1) is 10.7 Å². The summed E-state index contributed by atoms with van der Waals surface area (Å²) in [6.45, 7) is 8.55. The van der Waals surface area contributed by atoms with Crippen LogP contribution in [0.4, 0.5) is 10.5 Å². The smallest absolute Gasteiger partial charge is 0.408 e. The number of carbonyl (C=O) groups is 4. The molecule has 4 amide bonds. The largest absolute Gasteiger partial charge is 0.508 e. The molecule has 2 aromatic rings. The lowest BCUT2D eigenvalue weighted by Crippen LogP contribution is -2.53. The van der Waals surface area contributed by atoms with E-state index in [-0.39, 0.29) is 24.6 Å². The van der Waals surface area contributed by atoms with Crippen molar-refractivity contribution in [1.82, 2.24) is 10.2 Å². The van der Waals surface area contributed by atoms with Crippen LogP contribution in [0, 0.1) is 13.8 Å². The average molecular weight is 573 g/mol. The lowest BCUT2D eigenvalue weighted by molar-refractivity contribution is -0.141. The topological polar surface area (TPSA) is 151 Å². The van der Waals surface area contributed by atoms with E-state index in [0.717, 1.165) is 5.56 Å². The number of nitrogens with one attached hydrogen (secondary N) is 2. The third-order valence-electron chi connectivity index (χ3n) is 6.40. The second kappa shape index (κ2) is 12.6. The van der Waals surface area contributed by atoms with Gasteiger partial charge in [-0.3, -0.25) is 14.4 Å². The SMILES string of the molecule is Cc1cc(C(C(=O)Nc2c(C)cccc2Cl)N(C(=O)C(CCC(N)=O)NC(=O)OC(C)(C)C)C2CC2)ccc1O. The minimum atomic E-state index is -1.18. The predicted octanol–water partition coefficient (Wildman–Crippen LogP) is 4.49. The lowest BCUT2D eigenvalue weighted by Gasteiger charge is -2.35. The Bertz CT molecular complexity index is 1270. The zero-order chi connectivity index (χ0) is 29.8. The Labute approximate surface area is 239 Å². The molecule has 0 bridgehead atoms. The molecule has 0 saturated heterocycles. The number of amides is 4. The van der Waals surface area contributed by atoms with E-state index in [4.69, 9.17) is 22.1 Å². The molecule has 0 spiro atoms. The van der Waals surface area contributed by atoms with E-state index >= 15 is 0 Å². The first kappa shape index (κ1) is 30.7. The number of phenols is 1. The second-order valence-corrected chi connectivity index (χ2v) is 11.5. The Morgan fingerprint density at radius 1 is 1.12 bits per heavy atom. The van der Waals surface area contributed by atoms with E-state index in [1.807, 2.05) is 0 Å². The molecule has 1 aliphatic rings. The molecule has 40 heavy (non-hydrogen) atoms. The minimum absolute atomic E-state index is 0.0417. The van der Waals surface area contributed by atoms with Gasteiger partial charge >= 0.3 is 6.09 Å². The summed E-state index contributed by atoms with van der Waals surface area (Å²) in [5.74, 6) is -1.68. The van der Waals surface area contributed by atoms with Crippen LogP contribution in [-0.4, -0.2) is 51.5 Å². The van der Waals surface area contributed by atoms with Crippen molar-refractivity contribution in [2.24, 2.45) is 5.73 Å². The fourth-order valence-electron chi connectivity index (χ4n) is 4.31. The van der Waals surface area contributed by atoms with Crippen LogP contribution >= 0.6 is 11.6 Å². The molecule has 11 heteroatoms. The van der Waals surface area contributed by atoms with E-state index in [1.54, 1.807) is 65.0 Å². The van der Waals surface area contributed by atoms with Crippen LogP contribution in [0.2, 0.25) is 5.02 Å². The van der Waals surface area contributed by atoms with Crippen molar-refractivity contribution >= 4 is 41.1 Å². The number of hydrogen-bond acceptors (Lipinski definition) is 6. The van der Waals surface area contributed by atoms with Gasteiger partial charge in [0, 0.05) is 12.5 Å². The summed E-state index contributed by atoms with van der Waals surface area (Å²) in [5.41, 5.74) is 6.66. The van der Waals surface area contributed by atoms with Crippen molar-refractivity contribution < 1.29 is 29.0 Å². The third-order valence-corrected chi connectivity index (χ3v) is 6.71. The van der Waals surface area contributed by atoms with E-state index in [9.17, 15) is 24.3 Å². The first-order valence-corrected chi connectivity index (χ1v) is 13.5. The summed E-state index contributed by atoms with van der Waals surface area (Å²) in [7, 11) is 0. The molecule has 2 atom stereocenters. The Morgan fingerprint density at radius 3 is 2.35 bits per heavy atom. The van der Waals surface area contributed by atoms with Gasteiger partial charge in [0.2, 0.25) is 11.8 Å². The van der Waals surface area contributed by atoms with E-state index < -0.39 is 41.5 Å². The number of aromatic hydroxyl groups is 1. The molecule has 0 heterocycles. The number of para-hydroxylation sites is 1. The average Bonchev–Trinajstić information content (AvgIpc) is 3.68. The van der Waals surface area contributed by atoms with Crippen LogP contribution < -0.4 is 16.4 Å². The highest BCUT2D eigenvalue weighted by molar-refractivity contribution is 6.34. The van der Waals surface area contributed by atoms with Crippen LogP contribution in [0.15, 0.2) is 36.4 Å². The Morgan fingerprint density at radius 2 is 1.80 bits per heavy atom. The number of rotatable bonds is 10. The van der Waals surface area contributed by atoms with Gasteiger partial charge in [-0.25, -0.2) is 4.79 Å². The standard InChI is InChI=1S/C29H37ClN4O6/c1-16-7-6-8-20(30)24(16)33-26(37)25(18-9-13-22(35)17(2)15-18)34(19-10-11-19)27(38)21(12-14-23(31)36)32-28(39)40-29(3,4)5/h6-9,13,15,19,21,25,35H,10-12,14H2,1-5H3,(H2,31,36)(H,32,39)(H,33,37). The number of phenolic OH excluding ortho intramolecular Hbond substituents is 1. The van der Waals surface area contributed by atoms with E-state index in [0.29, 0.717) is 34.7 Å². The maximum Gasteiger partial charge on any atom is 0.408 e. The highest BCUT2D eigenvalue weighted by atomic mass is 35.5. The summed E-state index contributed by atoms with van der Waals surface area (Å²) in [6, 6.07) is 7.29. The number of hydrogen-bond donors (Lipinski definition) is 4. The Kier molecular flexibility index (Phi) is 9.68. The zero-order valence-electron chi connectivity index (χ0n) is 23.4. The molecule has 0 aromatic heterocycles. The number of carbonyl (C=O) groups excluding carboxylic acids is 4. The summed E-state index contributed by atoms with van der Waals surface area (Å²) < 4.78 is 5.35. The molecule has 3 rings (SSSR count). The molecular weight excluding hydrogens is 536 g/mol. The number of halogens is 1. The highest BCUT2D eigenvalue weighted by Crippen LogP contribution is 2.38. The van der Waals surface area contributed by atoms with Crippen molar-refractivity contribution in [2.45, 2.75) is 84.0 Å². The molecule has 1 fully saturated rings. The van der Waals surface area contributed by atoms with Crippen molar-refractivity contribution in [3.05, 3.63) is 58.1 Å². The van der Waals surface area contributed by atoms with Crippen molar-refractivity contribution in [3.63, 3.8) is 0 Å². The second-order valence-electron chi connectivity index (χ2n) is 11.0. The maximum absolute atomic E-state index is 14.1. The van der Waals surface area contributed by atoms with Crippen molar-refractivity contribution in [3.8, 4) is 5.75 Å². The zero-order valence-corrected chi connectivity index (χ0v) is 24.2. The number of benzene rings is 2. The number of aryl methyl sites for hydroxylation is 2. The monoisotopic (exact) mass is 572 g/mol. The molecule has 5 N–H and O–H groups in total. The van der Waals surface area contributed by atoms with Crippen LogP contribution in [0.25, 0.3) is 0 Å².